The summed E-state index contributed by atoms with van der Waals surface area (Å²) in [6, 6.07) is 4.08. The molecule has 0 unspecified atom stereocenters. The predicted octanol–water partition coefficient (Wildman–Crippen LogP) is 2.58. The summed E-state index contributed by atoms with van der Waals surface area (Å²) < 4.78 is 5.55. The normalized spacial score (nSPS) is 12.4. The van der Waals surface area contributed by atoms with Crippen molar-refractivity contribution in [3.8, 4) is 0 Å². The molecule has 0 atom stereocenters. The molecule has 0 aromatic carbocycles. The molecule has 2 N–H and O–H groups in total. The summed E-state index contributed by atoms with van der Waals surface area (Å²) in [5, 5.41) is 0. The van der Waals surface area contributed by atoms with E-state index in [2.05, 4.69) is 31.9 Å². The molecule has 0 spiro atoms. The molecule has 0 amide bonds. The Kier molecular flexibility index (Phi) is 5.22. The number of aryl methyl sites for hydroxylation is 1. The highest BCUT2D eigenvalue weighted by Crippen LogP contribution is 2.09. The lowest BCUT2D eigenvalue weighted by Gasteiger charge is -2.21. The monoisotopic (exact) mass is 238 g/mol. The minimum Gasteiger partial charge on any atom is -0.466 e. The SMILES string of the molecule is Cc1ccc(CCN(C)CCCC(C)(C)N)o1. The summed E-state index contributed by atoms with van der Waals surface area (Å²) in [5.74, 6) is 2.07. The van der Waals surface area contributed by atoms with E-state index >= 15 is 0 Å². The molecule has 0 aliphatic rings. The number of likely N-dealkylation sites (N-methyl/N-ethyl adjacent to an activating group) is 1. The van der Waals surface area contributed by atoms with Crippen LogP contribution in [0, 0.1) is 6.92 Å². The molecule has 1 aromatic heterocycles. The Bertz CT molecular complexity index is 325. The molecule has 3 heteroatoms. The highest BCUT2D eigenvalue weighted by atomic mass is 16.3. The summed E-state index contributed by atoms with van der Waals surface area (Å²) >= 11 is 0. The summed E-state index contributed by atoms with van der Waals surface area (Å²) in [7, 11) is 2.15. The number of hydrogen-bond acceptors (Lipinski definition) is 3. The highest BCUT2D eigenvalue weighted by molar-refractivity contribution is 5.05. The smallest absolute Gasteiger partial charge is 0.105 e. The second-order valence-electron chi connectivity index (χ2n) is 5.66. The number of hydrogen-bond donors (Lipinski definition) is 1. The van der Waals surface area contributed by atoms with Gasteiger partial charge in [-0.15, -0.1) is 0 Å². The largest absolute Gasteiger partial charge is 0.466 e. The Morgan fingerprint density at radius 2 is 2.00 bits per heavy atom. The van der Waals surface area contributed by atoms with E-state index in [1.54, 1.807) is 0 Å². The van der Waals surface area contributed by atoms with Crippen molar-refractivity contribution < 1.29 is 4.42 Å². The topological polar surface area (TPSA) is 42.4 Å². The molecule has 0 radical (unpaired) electrons. The number of nitrogens with zero attached hydrogens (tertiary/aromatic N) is 1. The summed E-state index contributed by atoms with van der Waals surface area (Å²) in [6.45, 7) is 8.28. The minimum atomic E-state index is -0.0427. The molecule has 1 rings (SSSR count). The van der Waals surface area contributed by atoms with Crippen molar-refractivity contribution in [1.29, 1.82) is 0 Å². The van der Waals surface area contributed by atoms with E-state index in [1.165, 1.54) is 0 Å². The van der Waals surface area contributed by atoms with Crippen molar-refractivity contribution in [1.82, 2.24) is 4.90 Å². The van der Waals surface area contributed by atoms with Crippen LogP contribution in [0.2, 0.25) is 0 Å². The van der Waals surface area contributed by atoms with Gasteiger partial charge >= 0.3 is 0 Å². The first kappa shape index (κ1) is 14.3. The van der Waals surface area contributed by atoms with Crippen LogP contribution >= 0.6 is 0 Å². The van der Waals surface area contributed by atoms with Crippen LogP contribution in [0.15, 0.2) is 16.5 Å². The Hall–Kier alpha value is -0.800. The quantitative estimate of drug-likeness (QED) is 0.794. The maximum atomic E-state index is 5.96. The zero-order valence-corrected chi connectivity index (χ0v) is 11.6. The van der Waals surface area contributed by atoms with E-state index in [1.807, 2.05) is 13.0 Å². The fourth-order valence-corrected chi connectivity index (χ4v) is 1.84. The fraction of sp³-hybridized carbons (Fsp3) is 0.714. The third-order valence-corrected chi connectivity index (χ3v) is 2.90. The van der Waals surface area contributed by atoms with Crippen LogP contribution in [0.3, 0.4) is 0 Å². The molecule has 98 valence electrons. The molecular weight excluding hydrogens is 212 g/mol. The summed E-state index contributed by atoms with van der Waals surface area (Å²) in [5.41, 5.74) is 5.91. The van der Waals surface area contributed by atoms with Gasteiger partial charge in [-0.05, 0) is 59.3 Å². The predicted molar refractivity (Wildman–Crippen MR) is 72.1 cm³/mol. The fourth-order valence-electron chi connectivity index (χ4n) is 1.84. The second kappa shape index (κ2) is 6.22. The third-order valence-electron chi connectivity index (χ3n) is 2.90. The zero-order chi connectivity index (χ0) is 12.9. The van der Waals surface area contributed by atoms with E-state index in [0.29, 0.717) is 0 Å². The lowest BCUT2D eigenvalue weighted by molar-refractivity contribution is 0.304. The van der Waals surface area contributed by atoms with Gasteiger partial charge in [0.05, 0.1) is 0 Å². The summed E-state index contributed by atoms with van der Waals surface area (Å²) in [4.78, 5) is 2.34. The minimum absolute atomic E-state index is 0.0427. The Balaban J connectivity index is 2.15. The van der Waals surface area contributed by atoms with E-state index < -0.39 is 0 Å². The molecule has 0 aliphatic heterocycles. The molecule has 17 heavy (non-hydrogen) atoms. The van der Waals surface area contributed by atoms with Gasteiger partial charge in [0, 0.05) is 18.5 Å². The van der Waals surface area contributed by atoms with Crippen molar-refractivity contribution in [3.63, 3.8) is 0 Å². The van der Waals surface area contributed by atoms with Gasteiger partial charge in [-0.2, -0.15) is 0 Å². The Labute approximate surface area is 105 Å². The molecule has 0 aliphatic carbocycles. The van der Waals surface area contributed by atoms with Crippen LogP contribution in [0.1, 0.15) is 38.2 Å². The van der Waals surface area contributed by atoms with Gasteiger partial charge in [-0.25, -0.2) is 0 Å². The van der Waals surface area contributed by atoms with Crippen LogP contribution in [0.25, 0.3) is 0 Å². The van der Waals surface area contributed by atoms with Gasteiger partial charge in [-0.1, -0.05) is 0 Å². The van der Waals surface area contributed by atoms with Crippen molar-refractivity contribution in [2.24, 2.45) is 5.73 Å². The third kappa shape index (κ3) is 6.49. The van der Waals surface area contributed by atoms with Crippen LogP contribution in [0.4, 0.5) is 0 Å². The average molecular weight is 238 g/mol. The zero-order valence-electron chi connectivity index (χ0n) is 11.6. The van der Waals surface area contributed by atoms with Crippen LogP contribution in [0.5, 0.6) is 0 Å². The van der Waals surface area contributed by atoms with E-state index in [9.17, 15) is 0 Å². The van der Waals surface area contributed by atoms with Crippen molar-refractivity contribution in [2.45, 2.75) is 45.6 Å². The van der Waals surface area contributed by atoms with E-state index in [4.69, 9.17) is 10.2 Å². The Morgan fingerprint density at radius 3 is 2.53 bits per heavy atom. The first-order valence-corrected chi connectivity index (χ1v) is 6.39. The lowest BCUT2D eigenvalue weighted by atomic mass is 10.00. The first-order chi connectivity index (χ1) is 7.87. The number of furan rings is 1. The van der Waals surface area contributed by atoms with Crippen LogP contribution < -0.4 is 5.73 Å². The van der Waals surface area contributed by atoms with Crippen molar-refractivity contribution in [2.75, 3.05) is 20.1 Å². The average Bonchev–Trinajstić information content (AvgIpc) is 2.59. The molecule has 1 heterocycles. The first-order valence-electron chi connectivity index (χ1n) is 6.39. The molecule has 1 aromatic rings. The molecular formula is C14H26N2O. The van der Waals surface area contributed by atoms with Gasteiger partial charge in [0.15, 0.2) is 0 Å². The molecule has 0 saturated heterocycles. The molecule has 3 nitrogen and oxygen atoms in total. The van der Waals surface area contributed by atoms with Gasteiger partial charge in [0.1, 0.15) is 11.5 Å². The van der Waals surface area contributed by atoms with E-state index in [0.717, 1.165) is 43.9 Å². The standard InChI is InChI=1S/C14H26N2O/c1-12-6-7-13(17-12)8-11-16(4)10-5-9-14(2,3)15/h6-7H,5,8-11,15H2,1-4H3. The van der Waals surface area contributed by atoms with Gasteiger partial charge in [0.25, 0.3) is 0 Å². The maximum Gasteiger partial charge on any atom is 0.105 e. The number of nitrogens with two attached hydrogens (primary N) is 1. The molecule has 0 bridgehead atoms. The van der Waals surface area contributed by atoms with Gasteiger partial charge in [-0.3, -0.25) is 0 Å². The Morgan fingerprint density at radius 1 is 1.29 bits per heavy atom. The summed E-state index contributed by atoms with van der Waals surface area (Å²) in [6.07, 6.45) is 3.20. The number of rotatable bonds is 7. The van der Waals surface area contributed by atoms with E-state index in [-0.39, 0.29) is 5.54 Å². The lowest BCUT2D eigenvalue weighted by Crippen LogP contribution is -2.33. The van der Waals surface area contributed by atoms with Crippen LogP contribution in [-0.2, 0) is 6.42 Å². The van der Waals surface area contributed by atoms with Crippen LogP contribution in [-0.4, -0.2) is 30.6 Å². The molecule has 0 fully saturated rings. The van der Waals surface area contributed by atoms with Gasteiger partial charge in [0.2, 0.25) is 0 Å². The molecule has 0 saturated carbocycles. The van der Waals surface area contributed by atoms with Crippen molar-refractivity contribution >= 4 is 0 Å². The second-order valence-corrected chi connectivity index (χ2v) is 5.66. The van der Waals surface area contributed by atoms with Crippen molar-refractivity contribution in [3.05, 3.63) is 23.7 Å². The van der Waals surface area contributed by atoms with Gasteiger partial charge < -0.3 is 15.1 Å². The maximum absolute atomic E-state index is 5.96. The highest BCUT2D eigenvalue weighted by Gasteiger charge is 2.10.